The van der Waals surface area contributed by atoms with Gasteiger partial charge < -0.3 is 25.4 Å². The predicted molar refractivity (Wildman–Crippen MR) is 127 cm³/mol. The predicted octanol–water partition coefficient (Wildman–Crippen LogP) is 3.02. The van der Waals surface area contributed by atoms with Crippen molar-refractivity contribution < 1.29 is 9.84 Å². The number of aliphatic imine (C=N–C) groups is 1. The normalized spacial score (nSPS) is 16.5. The summed E-state index contributed by atoms with van der Waals surface area (Å²) in [5.74, 6) is 2.29. The van der Waals surface area contributed by atoms with E-state index in [1.54, 1.807) is 0 Å². The molecule has 6 nitrogen and oxygen atoms in total. The second-order valence-corrected chi connectivity index (χ2v) is 7.72. The van der Waals surface area contributed by atoms with Crippen molar-refractivity contribution in [3.05, 3.63) is 29.8 Å². The third-order valence-electron chi connectivity index (χ3n) is 4.69. The lowest BCUT2D eigenvalue weighted by Crippen LogP contribution is -2.41. The van der Waals surface area contributed by atoms with Crippen molar-refractivity contribution in [3.63, 3.8) is 0 Å². The molecule has 0 aromatic heterocycles. The molecule has 1 saturated carbocycles. The first-order valence-electron chi connectivity index (χ1n) is 10.0. The van der Waals surface area contributed by atoms with Gasteiger partial charge in [0, 0.05) is 19.1 Å². The van der Waals surface area contributed by atoms with Crippen molar-refractivity contribution in [2.24, 2.45) is 10.9 Å². The molecule has 1 aromatic carbocycles. The van der Waals surface area contributed by atoms with Crippen LogP contribution in [0.15, 0.2) is 29.3 Å². The molecule has 1 aliphatic carbocycles. The largest absolute Gasteiger partial charge is 0.491 e. The molecule has 0 bridgehead atoms. The number of nitrogens with one attached hydrogen (secondary N) is 2. The molecule has 0 aliphatic heterocycles. The van der Waals surface area contributed by atoms with E-state index in [0.29, 0.717) is 12.6 Å². The quantitative estimate of drug-likeness (QED) is 0.260. The van der Waals surface area contributed by atoms with Crippen LogP contribution in [0.2, 0.25) is 0 Å². The SMILES string of the molecule is CCNC(=NCC(C1CC1)N(C)C)NCC(O)c1cccc(OC(C)C)c1.I. The number of ether oxygens (including phenoxy) is 1. The Balaban J connectivity index is 0.00000392. The molecule has 160 valence electrons. The standard InChI is InChI=1S/C21H36N4O2.HI/c1-6-22-21(23-13-19(25(4)5)16-10-11-16)24-14-20(26)17-8-7-9-18(12-17)27-15(2)3;/h7-9,12,15-16,19-20,26H,6,10-11,13-14H2,1-5H3,(H2,22,23,24);1H. The van der Waals surface area contributed by atoms with E-state index >= 15 is 0 Å². The molecule has 1 fully saturated rings. The molecule has 2 atom stereocenters. The van der Waals surface area contributed by atoms with Crippen LogP contribution in [0.25, 0.3) is 0 Å². The number of benzene rings is 1. The van der Waals surface area contributed by atoms with Crippen LogP contribution in [0.3, 0.4) is 0 Å². The fraction of sp³-hybridized carbons (Fsp3) is 0.667. The zero-order chi connectivity index (χ0) is 19.8. The summed E-state index contributed by atoms with van der Waals surface area (Å²) < 4.78 is 5.71. The number of hydrogen-bond donors (Lipinski definition) is 3. The lowest BCUT2D eigenvalue weighted by atomic mass is 10.1. The minimum atomic E-state index is -0.627. The molecular weight excluding hydrogens is 467 g/mol. The highest BCUT2D eigenvalue weighted by Gasteiger charge is 2.32. The zero-order valence-electron chi connectivity index (χ0n) is 17.8. The van der Waals surface area contributed by atoms with Crippen molar-refractivity contribution in [3.8, 4) is 5.75 Å². The maximum absolute atomic E-state index is 10.6. The third-order valence-corrected chi connectivity index (χ3v) is 4.69. The van der Waals surface area contributed by atoms with Gasteiger partial charge in [0.15, 0.2) is 5.96 Å². The van der Waals surface area contributed by atoms with Crippen molar-refractivity contribution in [1.29, 1.82) is 0 Å². The minimum absolute atomic E-state index is 0. The van der Waals surface area contributed by atoms with Gasteiger partial charge in [-0.15, -0.1) is 24.0 Å². The van der Waals surface area contributed by atoms with Gasteiger partial charge in [-0.1, -0.05) is 12.1 Å². The summed E-state index contributed by atoms with van der Waals surface area (Å²) in [7, 11) is 4.24. The van der Waals surface area contributed by atoms with Gasteiger partial charge in [0.2, 0.25) is 0 Å². The number of hydrogen-bond acceptors (Lipinski definition) is 4. The Morgan fingerprint density at radius 1 is 1.29 bits per heavy atom. The highest BCUT2D eigenvalue weighted by atomic mass is 127. The average molecular weight is 504 g/mol. The van der Waals surface area contributed by atoms with Gasteiger partial charge in [0.1, 0.15) is 5.75 Å². The molecule has 1 aliphatic rings. The van der Waals surface area contributed by atoms with Crippen LogP contribution in [0, 0.1) is 5.92 Å². The van der Waals surface area contributed by atoms with Crippen LogP contribution < -0.4 is 15.4 Å². The van der Waals surface area contributed by atoms with E-state index in [9.17, 15) is 5.11 Å². The van der Waals surface area contributed by atoms with Crippen LogP contribution in [-0.4, -0.2) is 61.8 Å². The van der Waals surface area contributed by atoms with Gasteiger partial charge in [-0.2, -0.15) is 0 Å². The minimum Gasteiger partial charge on any atom is -0.491 e. The first kappa shape index (κ1) is 25.0. The van der Waals surface area contributed by atoms with Crippen LogP contribution in [0.1, 0.15) is 45.3 Å². The average Bonchev–Trinajstić information content (AvgIpc) is 3.43. The molecule has 2 unspecified atom stereocenters. The van der Waals surface area contributed by atoms with Crippen molar-refractivity contribution >= 4 is 29.9 Å². The summed E-state index contributed by atoms with van der Waals surface area (Å²) in [5, 5.41) is 17.1. The Morgan fingerprint density at radius 3 is 2.57 bits per heavy atom. The maximum Gasteiger partial charge on any atom is 0.191 e. The second kappa shape index (κ2) is 12.5. The van der Waals surface area contributed by atoms with E-state index in [4.69, 9.17) is 9.73 Å². The van der Waals surface area contributed by atoms with Crippen molar-refractivity contribution in [1.82, 2.24) is 15.5 Å². The number of nitrogens with zero attached hydrogens (tertiary/aromatic N) is 2. The topological polar surface area (TPSA) is 69.1 Å². The lowest BCUT2D eigenvalue weighted by molar-refractivity contribution is 0.179. The van der Waals surface area contributed by atoms with Gasteiger partial charge in [-0.05, 0) is 71.3 Å². The molecule has 7 heteroatoms. The summed E-state index contributed by atoms with van der Waals surface area (Å²) >= 11 is 0. The van der Waals surface area contributed by atoms with E-state index < -0.39 is 6.10 Å². The Bertz CT molecular complexity index is 604. The molecule has 28 heavy (non-hydrogen) atoms. The Hall–Kier alpha value is -1.06. The van der Waals surface area contributed by atoms with E-state index in [1.807, 2.05) is 45.0 Å². The fourth-order valence-corrected chi connectivity index (χ4v) is 3.12. The van der Waals surface area contributed by atoms with E-state index in [0.717, 1.165) is 36.3 Å². The second-order valence-electron chi connectivity index (χ2n) is 7.72. The van der Waals surface area contributed by atoms with Crippen molar-refractivity contribution in [2.75, 3.05) is 33.7 Å². The number of rotatable bonds is 10. The summed E-state index contributed by atoms with van der Waals surface area (Å²) in [4.78, 5) is 7.00. The highest BCUT2D eigenvalue weighted by Crippen LogP contribution is 2.34. The molecule has 0 saturated heterocycles. The van der Waals surface area contributed by atoms with E-state index in [1.165, 1.54) is 12.8 Å². The zero-order valence-corrected chi connectivity index (χ0v) is 20.1. The Labute approximate surface area is 187 Å². The van der Waals surface area contributed by atoms with Crippen LogP contribution in [0.4, 0.5) is 0 Å². The first-order valence-corrected chi connectivity index (χ1v) is 10.0. The number of aliphatic hydroxyl groups is 1. The van der Waals surface area contributed by atoms with Gasteiger partial charge in [-0.3, -0.25) is 4.99 Å². The fourth-order valence-electron chi connectivity index (χ4n) is 3.12. The molecule has 3 N–H and O–H groups in total. The van der Waals surface area contributed by atoms with Crippen LogP contribution in [-0.2, 0) is 0 Å². The smallest absolute Gasteiger partial charge is 0.191 e. The number of guanidine groups is 1. The maximum atomic E-state index is 10.6. The molecule has 2 rings (SSSR count). The Kier molecular flexibility index (Phi) is 11.1. The molecule has 0 heterocycles. The van der Waals surface area contributed by atoms with Crippen LogP contribution >= 0.6 is 24.0 Å². The molecular formula is C21H37IN4O2. The summed E-state index contributed by atoms with van der Waals surface area (Å²) in [6, 6.07) is 8.11. The monoisotopic (exact) mass is 504 g/mol. The first-order chi connectivity index (χ1) is 12.9. The molecule has 0 amide bonds. The summed E-state index contributed by atoms with van der Waals surface area (Å²) in [6.45, 7) is 7.98. The van der Waals surface area contributed by atoms with Gasteiger partial charge in [0.25, 0.3) is 0 Å². The molecule has 0 spiro atoms. The van der Waals surface area contributed by atoms with Gasteiger partial charge >= 0.3 is 0 Å². The van der Waals surface area contributed by atoms with E-state index in [2.05, 4.69) is 29.6 Å². The van der Waals surface area contributed by atoms with Crippen molar-refractivity contribution in [2.45, 2.75) is 51.9 Å². The number of likely N-dealkylation sites (N-methyl/N-ethyl adjacent to an activating group) is 1. The Morgan fingerprint density at radius 2 is 2.00 bits per heavy atom. The van der Waals surface area contributed by atoms with Gasteiger partial charge in [-0.25, -0.2) is 0 Å². The summed E-state index contributed by atoms with van der Waals surface area (Å²) in [5.41, 5.74) is 0.834. The van der Waals surface area contributed by atoms with Crippen LogP contribution in [0.5, 0.6) is 5.75 Å². The van der Waals surface area contributed by atoms with Gasteiger partial charge in [0.05, 0.1) is 18.8 Å². The highest BCUT2D eigenvalue weighted by molar-refractivity contribution is 14.0. The summed E-state index contributed by atoms with van der Waals surface area (Å²) in [6.07, 6.45) is 2.09. The lowest BCUT2D eigenvalue weighted by Gasteiger charge is -2.23. The number of aliphatic hydroxyl groups excluding tert-OH is 1. The molecule has 0 radical (unpaired) electrons. The molecule has 1 aromatic rings. The number of halogens is 1. The van der Waals surface area contributed by atoms with E-state index in [-0.39, 0.29) is 30.1 Å². The third kappa shape index (κ3) is 8.53.